The maximum Gasteiger partial charge on any atom is 0.140 e. The first-order valence-corrected chi connectivity index (χ1v) is 5.97. The first-order chi connectivity index (χ1) is 7.66. The highest BCUT2D eigenvalue weighted by molar-refractivity contribution is 6.42. The third-order valence-corrected chi connectivity index (χ3v) is 3.47. The molecule has 1 atom stereocenters. The van der Waals surface area contributed by atoms with Crippen LogP contribution >= 0.6 is 23.2 Å². The third kappa shape index (κ3) is 2.76. The fourth-order valence-corrected chi connectivity index (χ4v) is 2.14. The molecule has 1 aromatic carbocycles. The Kier molecular flexibility index (Phi) is 3.85. The van der Waals surface area contributed by atoms with Crippen molar-refractivity contribution in [2.75, 3.05) is 13.2 Å². The minimum atomic E-state index is -0.0361. The van der Waals surface area contributed by atoms with Gasteiger partial charge in [-0.25, -0.2) is 0 Å². The zero-order chi connectivity index (χ0) is 11.5. The standard InChI is InChI=1S/C12H12Cl2O2/c13-10-2-1-8(6-11(10)14)5-9-7-16-4-3-12(9)15/h1-2,6,9H,3-5,7H2. The van der Waals surface area contributed by atoms with Crippen LogP contribution in [0.15, 0.2) is 18.2 Å². The molecule has 0 saturated carbocycles. The van der Waals surface area contributed by atoms with E-state index in [0.717, 1.165) is 5.56 Å². The SMILES string of the molecule is O=C1CCOCC1Cc1ccc(Cl)c(Cl)c1. The van der Waals surface area contributed by atoms with E-state index in [9.17, 15) is 4.79 Å². The molecular weight excluding hydrogens is 247 g/mol. The van der Waals surface area contributed by atoms with E-state index in [1.165, 1.54) is 0 Å². The van der Waals surface area contributed by atoms with Crippen molar-refractivity contribution in [1.82, 2.24) is 0 Å². The lowest BCUT2D eigenvalue weighted by Gasteiger charge is -2.20. The number of hydrogen-bond acceptors (Lipinski definition) is 2. The molecule has 16 heavy (non-hydrogen) atoms. The number of benzene rings is 1. The smallest absolute Gasteiger partial charge is 0.140 e. The van der Waals surface area contributed by atoms with Gasteiger partial charge < -0.3 is 4.74 Å². The van der Waals surface area contributed by atoms with E-state index < -0.39 is 0 Å². The molecule has 0 spiro atoms. The van der Waals surface area contributed by atoms with Crippen molar-refractivity contribution in [1.29, 1.82) is 0 Å². The average molecular weight is 259 g/mol. The highest BCUT2D eigenvalue weighted by Crippen LogP contribution is 2.25. The summed E-state index contributed by atoms with van der Waals surface area (Å²) in [6.07, 6.45) is 1.20. The molecule has 1 unspecified atom stereocenters. The van der Waals surface area contributed by atoms with Crippen molar-refractivity contribution < 1.29 is 9.53 Å². The second kappa shape index (κ2) is 5.17. The maximum atomic E-state index is 11.6. The Morgan fingerprint density at radius 2 is 2.12 bits per heavy atom. The molecule has 86 valence electrons. The Balaban J connectivity index is 2.08. The normalized spacial score (nSPS) is 21.1. The summed E-state index contributed by atoms with van der Waals surface area (Å²) in [6, 6.07) is 5.47. The van der Waals surface area contributed by atoms with Gasteiger partial charge in [0.2, 0.25) is 0 Å². The molecular formula is C12H12Cl2O2. The summed E-state index contributed by atoms with van der Waals surface area (Å²) in [5.74, 6) is 0.239. The summed E-state index contributed by atoms with van der Waals surface area (Å²) in [4.78, 5) is 11.6. The Bertz CT molecular complexity index is 404. The van der Waals surface area contributed by atoms with Crippen molar-refractivity contribution in [2.24, 2.45) is 5.92 Å². The molecule has 2 rings (SSSR count). The predicted molar refractivity (Wildman–Crippen MR) is 64.1 cm³/mol. The van der Waals surface area contributed by atoms with Crippen LogP contribution in [0.1, 0.15) is 12.0 Å². The Morgan fingerprint density at radius 1 is 1.31 bits per heavy atom. The summed E-state index contributed by atoms with van der Waals surface area (Å²) in [7, 11) is 0. The van der Waals surface area contributed by atoms with Crippen LogP contribution < -0.4 is 0 Å². The molecule has 0 amide bonds. The molecule has 2 nitrogen and oxygen atoms in total. The zero-order valence-corrected chi connectivity index (χ0v) is 10.2. The van der Waals surface area contributed by atoms with Crippen LogP contribution in [0.2, 0.25) is 10.0 Å². The van der Waals surface area contributed by atoms with Crippen LogP contribution in [-0.4, -0.2) is 19.0 Å². The fraction of sp³-hybridized carbons (Fsp3) is 0.417. The second-order valence-corrected chi connectivity index (χ2v) is 4.76. The van der Waals surface area contributed by atoms with Crippen LogP contribution in [0, 0.1) is 5.92 Å². The Labute approximate surface area is 104 Å². The van der Waals surface area contributed by atoms with Crippen molar-refractivity contribution in [3.63, 3.8) is 0 Å². The van der Waals surface area contributed by atoms with E-state index in [1.54, 1.807) is 6.07 Å². The molecule has 0 aliphatic carbocycles. The van der Waals surface area contributed by atoms with Crippen molar-refractivity contribution >= 4 is 29.0 Å². The van der Waals surface area contributed by atoms with Gasteiger partial charge in [0.15, 0.2) is 0 Å². The topological polar surface area (TPSA) is 26.3 Å². The lowest BCUT2D eigenvalue weighted by Crippen LogP contribution is -2.29. The largest absolute Gasteiger partial charge is 0.380 e. The van der Waals surface area contributed by atoms with E-state index in [4.69, 9.17) is 27.9 Å². The van der Waals surface area contributed by atoms with Gasteiger partial charge in [-0.2, -0.15) is 0 Å². The first kappa shape index (κ1) is 11.9. The van der Waals surface area contributed by atoms with Crippen LogP contribution in [0.4, 0.5) is 0 Å². The third-order valence-electron chi connectivity index (χ3n) is 2.73. The highest BCUT2D eigenvalue weighted by Gasteiger charge is 2.23. The molecule has 0 N–H and O–H groups in total. The molecule has 0 radical (unpaired) electrons. The molecule has 0 bridgehead atoms. The van der Waals surface area contributed by atoms with E-state index in [2.05, 4.69) is 0 Å². The number of carbonyl (C=O) groups excluding carboxylic acids is 1. The number of hydrogen-bond donors (Lipinski definition) is 0. The predicted octanol–water partition coefficient (Wildman–Crippen LogP) is 3.14. The van der Waals surface area contributed by atoms with Crippen LogP contribution in [0.5, 0.6) is 0 Å². The first-order valence-electron chi connectivity index (χ1n) is 5.21. The van der Waals surface area contributed by atoms with E-state index in [0.29, 0.717) is 36.1 Å². The summed E-state index contributed by atoms with van der Waals surface area (Å²) < 4.78 is 5.30. The molecule has 1 fully saturated rings. The second-order valence-electron chi connectivity index (χ2n) is 3.94. The molecule has 1 saturated heterocycles. The van der Waals surface area contributed by atoms with Gasteiger partial charge in [-0.1, -0.05) is 29.3 Å². The van der Waals surface area contributed by atoms with Crippen molar-refractivity contribution in [3.8, 4) is 0 Å². The summed E-state index contributed by atoms with van der Waals surface area (Å²) in [5.41, 5.74) is 1.03. The number of ketones is 1. The number of carbonyl (C=O) groups is 1. The van der Waals surface area contributed by atoms with Crippen molar-refractivity contribution in [3.05, 3.63) is 33.8 Å². The van der Waals surface area contributed by atoms with Gasteiger partial charge in [-0.05, 0) is 24.1 Å². The van der Waals surface area contributed by atoms with Gasteiger partial charge in [0.05, 0.1) is 23.3 Å². The summed E-state index contributed by atoms with van der Waals surface area (Å²) >= 11 is 11.7. The van der Waals surface area contributed by atoms with Gasteiger partial charge in [0.1, 0.15) is 5.78 Å². The lowest BCUT2D eigenvalue weighted by molar-refractivity contribution is -0.130. The minimum Gasteiger partial charge on any atom is -0.380 e. The molecule has 1 aliphatic rings. The van der Waals surface area contributed by atoms with Gasteiger partial charge in [-0.3, -0.25) is 4.79 Å². The zero-order valence-electron chi connectivity index (χ0n) is 8.71. The van der Waals surface area contributed by atoms with E-state index >= 15 is 0 Å². The van der Waals surface area contributed by atoms with Crippen molar-refractivity contribution in [2.45, 2.75) is 12.8 Å². The molecule has 1 aromatic rings. The number of Topliss-reactive ketones (excluding diaryl/α,β-unsaturated/α-hetero) is 1. The fourth-order valence-electron chi connectivity index (χ4n) is 1.82. The molecule has 0 aromatic heterocycles. The quantitative estimate of drug-likeness (QED) is 0.815. The molecule has 1 heterocycles. The number of halogens is 2. The highest BCUT2D eigenvalue weighted by atomic mass is 35.5. The van der Waals surface area contributed by atoms with Gasteiger partial charge in [0.25, 0.3) is 0 Å². The summed E-state index contributed by atoms with van der Waals surface area (Å²) in [6.45, 7) is 1.07. The number of ether oxygens (including phenoxy) is 1. The van der Waals surface area contributed by atoms with Crippen LogP contribution in [0.25, 0.3) is 0 Å². The van der Waals surface area contributed by atoms with E-state index in [-0.39, 0.29) is 11.7 Å². The van der Waals surface area contributed by atoms with Gasteiger partial charge >= 0.3 is 0 Å². The monoisotopic (exact) mass is 258 g/mol. The Morgan fingerprint density at radius 3 is 2.81 bits per heavy atom. The van der Waals surface area contributed by atoms with Crippen LogP contribution in [0.3, 0.4) is 0 Å². The maximum absolute atomic E-state index is 11.6. The lowest BCUT2D eigenvalue weighted by atomic mass is 9.93. The average Bonchev–Trinajstić information content (AvgIpc) is 2.27. The van der Waals surface area contributed by atoms with Crippen LogP contribution in [-0.2, 0) is 16.0 Å². The minimum absolute atomic E-state index is 0.0361. The van der Waals surface area contributed by atoms with E-state index in [1.807, 2.05) is 12.1 Å². The number of rotatable bonds is 2. The molecule has 4 heteroatoms. The Hall–Kier alpha value is -0.570. The summed E-state index contributed by atoms with van der Waals surface area (Å²) in [5, 5.41) is 1.07. The van der Waals surface area contributed by atoms with Gasteiger partial charge in [0, 0.05) is 12.3 Å². The molecule has 1 aliphatic heterocycles. The van der Waals surface area contributed by atoms with Gasteiger partial charge in [-0.15, -0.1) is 0 Å².